The van der Waals surface area contributed by atoms with E-state index in [1.165, 1.54) is 122 Å². The van der Waals surface area contributed by atoms with Crippen molar-refractivity contribution in [2.45, 2.75) is 64.2 Å². The van der Waals surface area contributed by atoms with E-state index < -0.39 is 0 Å². The molecule has 34 heavy (non-hydrogen) atoms. The number of rotatable bonds is 2. The number of anilines is 2. The molecule has 4 aliphatic heterocycles. The van der Waals surface area contributed by atoms with Gasteiger partial charge in [0.05, 0.1) is 0 Å². The minimum Gasteiger partial charge on any atom is -0.371 e. The summed E-state index contributed by atoms with van der Waals surface area (Å²) in [7, 11) is 0. The van der Waals surface area contributed by atoms with Gasteiger partial charge in [-0.25, -0.2) is 0 Å². The molecule has 0 N–H and O–H groups in total. The molecule has 0 radical (unpaired) electrons. The molecule has 3 nitrogen and oxygen atoms in total. The minimum atomic E-state index is 0.265. The zero-order valence-electron chi connectivity index (χ0n) is 20.2. The van der Waals surface area contributed by atoms with Crippen LogP contribution >= 0.6 is 0 Å². The van der Waals surface area contributed by atoms with Crippen molar-refractivity contribution in [2.24, 2.45) is 0 Å². The van der Waals surface area contributed by atoms with E-state index in [0.717, 1.165) is 24.0 Å². The second kappa shape index (κ2) is 8.15. The predicted molar refractivity (Wildman–Crippen MR) is 141 cm³/mol. The van der Waals surface area contributed by atoms with Crippen molar-refractivity contribution >= 4 is 29.3 Å². The van der Waals surface area contributed by atoms with Gasteiger partial charge in [0.1, 0.15) is 0 Å². The normalized spacial score (nSPS) is 23.5. The van der Waals surface area contributed by atoms with Crippen molar-refractivity contribution in [3.63, 3.8) is 0 Å². The second-order valence-electron chi connectivity index (χ2n) is 10.9. The monoisotopic (exact) mass is 450 g/mol. The highest BCUT2D eigenvalue weighted by atomic mass is 16.1. The molecule has 0 aromatic heterocycles. The van der Waals surface area contributed by atoms with Crippen LogP contribution in [0.3, 0.4) is 0 Å². The van der Waals surface area contributed by atoms with E-state index in [1.54, 1.807) is 0 Å². The molecule has 7 rings (SSSR count). The van der Waals surface area contributed by atoms with Gasteiger partial charge in [-0.3, -0.25) is 4.79 Å². The Kier molecular flexibility index (Phi) is 4.93. The molecular formula is C31H34N2O. The Labute approximate surface area is 203 Å². The van der Waals surface area contributed by atoms with Gasteiger partial charge in [0.2, 0.25) is 0 Å². The maximum Gasteiger partial charge on any atom is 0.185 e. The molecule has 0 amide bonds. The quantitative estimate of drug-likeness (QED) is 0.531. The topological polar surface area (TPSA) is 23.6 Å². The van der Waals surface area contributed by atoms with Gasteiger partial charge >= 0.3 is 0 Å². The summed E-state index contributed by atoms with van der Waals surface area (Å²) in [5.41, 5.74) is 13.4. The standard InChI is InChI=1S/C31H34N2O/c34-31-27(19-21-15-23-5-1-11-32-12-2-6-24(16-21)29(23)32)9-10-28(31)20-22-17-25-7-3-13-33-14-4-8-26(18-22)30(25)33/h15-20H,1-14H2. The van der Waals surface area contributed by atoms with Crippen molar-refractivity contribution in [3.05, 3.63) is 68.8 Å². The molecule has 0 atom stereocenters. The van der Waals surface area contributed by atoms with Crippen molar-refractivity contribution in [2.75, 3.05) is 36.0 Å². The number of hydrogen-bond acceptors (Lipinski definition) is 3. The van der Waals surface area contributed by atoms with E-state index in [9.17, 15) is 4.79 Å². The van der Waals surface area contributed by atoms with Crippen LogP contribution < -0.4 is 9.80 Å². The second-order valence-corrected chi connectivity index (χ2v) is 10.9. The fourth-order valence-corrected chi connectivity index (χ4v) is 7.21. The Morgan fingerprint density at radius 3 is 1.24 bits per heavy atom. The largest absolute Gasteiger partial charge is 0.371 e. The van der Waals surface area contributed by atoms with Gasteiger partial charge in [-0.15, -0.1) is 0 Å². The maximum absolute atomic E-state index is 13.4. The highest BCUT2D eigenvalue weighted by molar-refractivity contribution is 6.15. The molecule has 2 aromatic carbocycles. The molecule has 0 spiro atoms. The third-order valence-electron chi connectivity index (χ3n) is 8.64. The van der Waals surface area contributed by atoms with E-state index in [-0.39, 0.29) is 5.78 Å². The fraction of sp³-hybridized carbons (Fsp3) is 0.452. The molecule has 1 saturated carbocycles. The Bertz CT molecular complexity index is 1090. The Morgan fingerprint density at radius 2 is 0.882 bits per heavy atom. The number of carbonyl (C=O) groups excluding carboxylic acids is 1. The van der Waals surface area contributed by atoms with Crippen LogP contribution in [-0.2, 0) is 30.5 Å². The summed E-state index contributed by atoms with van der Waals surface area (Å²) in [6.07, 6.45) is 15.8. The molecule has 1 aliphatic carbocycles. The van der Waals surface area contributed by atoms with Crippen molar-refractivity contribution in [1.29, 1.82) is 0 Å². The van der Waals surface area contributed by atoms with Crippen LogP contribution in [0.5, 0.6) is 0 Å². The molecule has 3 heteroatoms. The van der Waals surface area contributed by atoms with Crippen LogP contribution in [0.15, 0.2) is 35.4 Å². The van der Waals surface area contributed by atoms with Crippen molar-refractivity contribution in [1.82, 2.24) is 0 Å². The summed E-state index contributed by atoms with van der Waals surface area (Å²) in [6, 6.07) is 9.44. The van der Waals surface area contributed by atoms with Gasteiger partial charge in [0, 0.05) is 48.7 Å². The summed E-state index contributed by atoms with van der Waals surface area (Å²) < 4.78 is 0. The third-order valence-corrected chi connectivity index (χ3v) is 8.64. The molecule has 2 aromatic rings. The van der Waals surface area contributed by atoms with Crippen LogP contribution in [-0.4, -0.2) is 32.0 Å². The predicted octanol–water partition coefficient (Wildman–Crippen LogP) is 5.91. The van der Waals surface area contributed by atoms with Gasteiger partial charge in [-0.1, -0.05) is 0 Å². The van der Waals surface area contributed by atoms with Crippen molar-refractivity contribution in [3.8, 4) is 0 Å². The number of benzene rings is 2. The number of carbonyl (C=O) groups is 1. The van der Waals surface area contributed by atoms with E-state index in [0.29, 0.717) is 0 Å². The number of Topliss-reactive ketones (excluding diaryl/α,β-unsaturated/α-hetero) is 1. The van der Waals surface area contributed by atoms with E-state index in [2.05, 4.69) is 46.2 Å². The van der Waals surface area contributed by atoms with Crippen LogP contribution in [0.2, 0.25) is 0 Å². The smallest absolute Gasteiger partial charge is 0.185 e. The lowest BCUT2D eigenvalue weighted by Crippen LogP contribution is -2.34. The zero-order chi connectivity index (χ0) is 22.6. The van der Waals surface area contributed by atoms with Gasteiger partial charge < -0.3 is 9.80 Å². The first-order valence-corrected chi connectivity index (χ1v) is 13.5. The average Bonchev–Trinajstić information content (AvgIpc) is 3.18. The third kappa shape index (κ3) is 3.43. The summed E-state index contributed by atoms with van der Waals surface area (Å²) in [5.74, 6) is 0.265. The SMILES string of the molecule is O=C1C(=Cc2cc3c4c(c2)CCCN4CCC3)CCC1=Cc1cc2c3c(c1)CCCN3CCC2. The lowest BCUT2D eigenvalue weighted by Gasteiger charge is -2.37. The van der Waals surface area contributed by atoms with E-state index >= 15 is 0 Å². The van der Waals surface area contributed by atoms with Gasteiger partial charge in [0.15, 0.2) is 5.78 Å². The van der Waals surface area contributed by atoms with Crippen LogP contribution in [0, 0.1) is 0 Å². The average molecular weight is 451 g/mol. The van der Waals surface area contributed by atoms with Gasteiger partial charge in [-0.05, 0) is 134 Å². The number of ketones is 1. The van der Waals surface area contributed by atoms with Crippen LogP contribution in [0.1, 0.15) is 71.9 Å². The summed E-state index contributed by atoms with van der Waals surface area (Å²) in [4.78, 5) is 18.5. The van der Waals surface area contributed by atoms with Gasteiger partial charge in [-0.2, -0.15) is 0 Å². The number of hydrogen-bond donors (Lipinski definition) is 0. The number of aryl methyl sites for hydroxylation is 4. The first-order valence-electron chi connectivity index (χ1n) is 13.5. The lowest BCUT2D eigenvalue weighted by molar-refractivity contribution is -0.111. The first-order chi connectivity index (χ1) is 16.7. The summed E-state index contributed by atoms with van der Waals surface area (Å²) >= 11 is 0. The van der Waals surface area contributed by atoms with Crippen LogP contribution in [0.25, 0.3) is 12.2 Å². The van der Waals surface area contributed by atoms with Crippen molar-refractivity contribution < 1.29 is 4.79 Å². The highest BCUT2D eigenvalue weighted by Crippen LogP contribution is 2.39. The molecule has 174 valence electrons. The Morgan fingerprint density at radius 1 is 0.529 bits per heavy atom. The Hall–Kier alpha value is -2.81. The van der Waals surface area contributed by atoms with Gasteiger partial charge in [0.25, 0.3) is 0 Å². The number of nitrogens with zero attached hydrogens (tertiary/aromatic N) is 2. The molecule has 0 saturated heterocycles. The molecule has 0 bridgehead atoms. The zero-order valence-corrected chi connectivity index (χ0v) is 20.2. The molecule has 1 fully saturated rings. The molecule has 0 unspecified atom stereocenters. The molecule has 5 aliphatic rings. The first kappa shape index (κ1) is 20.6. The Balaban J connectivity index is 1.19. The molecular weight excluding hydrogens is 416 g/mol. The number of allylic oxidation sites excluding steroid dienone is 2. The van der Waals surface area contributed by atoms with E-state index in [1.807, 2.05) is 0 Å². The summed E-state index contributed by atoms with van der Waals surface area (Å²) in [5, 5.41) is 0. The minimum absolute atomic E-state index is 0.265. The maximum atomic E-state index is 13.4. The van der Waals surface area contributed by atoms with E-state index in [4.69, 9.17) is 0 Å². The van der Waals surface area contributed by atoms with Crippen LogP contribution in [0.4, 0.5) is 11.4 Å². The highest BCUT2D eigenvalue weighted by Gasteiger charge is 2.27. The lowest BCUT2D eigenvalue weighted by atomic mass is 9.89. The summed E-state index contributed by atoms with van der Waals surface area (Å²) in [6.45, 7) is 4.82. The fourth-order valence-electron chi connectivity index (χ4n) is 7.21. The molecule has 4 heterocycles.